The number of carbonyl (C=O) groups is 2. The van der Waals surface area contributed by atoms with E-state index in [0.717, 1.165) is 6.26 Å². The maximum Gasteiger partial charge on any atom is 0.309 e. The average molecular weight is 427 g/mol. The predicted octanol–water partition coefficient (Wildman–Crippen LogP) is 2.04. The molecule has 0 N–H and O–H groups in total. The first-order valence-corrected chi connectivity index (χ1v) is 11.7. The number of ether oxygens (including phenoxy) is 2. The summed E-state index contributed by atoms with van der Waals surface area (Å²) in [7, 11) is -2.03. The van der Waals surface area contributed by atoms with Crippen LogP contribution in [0.5, 0.6) is 5.75 Å². The Balaban J connectivity index is 1.90. The Bertz CT molecular complexity index is 803. The van der Waals surface area contributed by atoms with Gasteiger partial charge in [-0.15, -0.1) is 0 Å². The lowest BCUT2D eigenvalue weighted by Crippen LogP contribution is -2.41. The van der Waals surface area contributed by atoms with Gasteiger partial charge in [0.15, 0.2) is 0 Å². The van der Waals surface area contributed by atoms with E-state index >= 15 is 0 Å². The Kier molecular flexibility index (Phi) is 8.31. The minimum absolute atomic E-state index is 0.0270. The van der Waals surface area contributed by atoms with Crippen LogP contribution in [0.4, 0.5) is 5.69 Å². The van der Waals surface area contributed by atoms with Crippen molar-refractivity contribution in [1.82, 2.24) is 4.90 Å². The van der Waals surface area contributed by atoms with Gasteiger partial charge < -0.3 is 14.4 Å². The van der Waals surface area contributed by atoms with E-state index in [9.17, 15) is 18.0 Å². The smallest absolute Gasteiger partial charge is 0.309 e. The second-order valence-corrected chi connectivity index (χ2v) is 8.92. The van der Waals surface area contributed by atoms with E-state index in [1.165, 1.54) is 11.4 Å². The summed E-state index contributed by atoms with van der Waals surface area (Å²) in [5, 5.41) is 0. The number of nitrogens with zero attached hydrogens (tertiary/aromatic N) is 2. The number of para-hydroxylation sites is 2. The van der Waals surface area contributed by atoms with Crippen LogP contribution < -0.4 is 9.04 Å². The summed E-state index contributed by atoms with van der Waals surface area (Å²) >= 11 is 0. The molecule has 0 aliphatic carbocycles. The fourth-order valence-electron chi connectivity index (χ4n) is 3.46. The molecule has 1 aromatic carbocycles. The molecular weight excluding hydrogens is 396 g/mol. The Morgan fingerprint density at radius 2 is 1.86 bits per heavy atom. The van der Waals surface area contributed by atoms with Crippen molar-refractivity contribution >= 4 is 27.6 Å². The molecule has 1 fully saturated rings. The van der Waals surface area contributed by atoms with Crippen molar-refractivity contribution in [3.05, 3.63) is 24.3 Å². The van der Waals surface area contributed by atoms with E-state index in [4.69, 9.17) is 9.47 Å². The normalized spacial score (nSPS) is 15.1. The second kappa shape index (κ2) is 10.5. The third-order valence-electron chi connectivity index (χ3n) is 4.97. The molecule has 1 saturated heterocycles. The molecule has 9 heteroatoms. The molecule has 0 saturated carbocycles. The summed E-state index contributed by atoms with van der Waals surface area (Å²) in [5.74, 6) is 0.0940. The summed E-state index contributed by atoms with van der Waals surface area (Å²) in [6, 6.07) is 6.90. The van der Waals surface area contributed by atoms with Crippen LogP contribution in [0.3, 0.4) is 0 Å². The van der Waals surface area contributed by atoms with Gasteiger partial charge in [0.05, 0.1) is 31.6 Å². The van der Waals surface area contributed by atoms with Crippen LogP contribution >= 0.6 is 0 Å². The lowest BCUT2D eigenvalue weighted by molar-refractivity contribution is -0.151. The molecule has 29 heavy (non-hydrogen) atoms. The first-order valence-electron chi connectivity index (χ1n) is 9.83. The Hall–Kier alpha value is -2.29. The number of rotatable bonds is 9. The summed E-state index contributed by atoms with van der Waals surface area (Å²) in [6.45, 7) is 3.36. The molecule has 1 amide bonds. The SMILES string of the molecule is CCOC(=O)C1CCN(C(=O)CCCN(c2ccccc2OC)S(C)(=O)=O)CC1. The van der Waals surface area contributed by atoms with Gasteiger partial charge in [-0.3, -0.25) is 13.9 Å². The number of hydrogen-bond donors (Lipinski definition) is 0. The number of sulfonamides is 1. The van der Waals surface area contributed by atoms with Crippen molar-refractivity contribution in [2.75, 3.05) is 43.9 Å². The molecule has 8 nitrogen and oxygen atoms in total. The van der Waals surface area contributed by atoms with E-state index in [1.54, 1.807) is 36.1 Å². The molecule has 1 aliphatic heterocycles. The van der Waals surface area contributed by atoms with Crippen molar-refractivity contribution < 1.29 is 27.5 Å². The fourth-order valence-corrected chi connectivity index (χ4v) is 4.43. The molecule has 0 aromatic heterocycles. The standard InChI is InChI=1S/C20H30N2O6S/c1-4-28-20(24)16-11-14-21(15-12-16)19(23)10-7-13-22(29(3,25)26)17-8-5-6-9-18(17)27-2/h5-6,8-9,16H,4,7,10-15H2,1-3H3. The van der Waals surface area contributed by atoms with Crippen LogP contribution in [0.2, 0.25) is 0 Å². The van der Waals surface area contributed by atoms with Crippen molar-refractivity contribution in [3.8, 4) is 5.75 Å². The highest BCUT2D eigenvalue weighted by Gasteiger charge is 2.28. The Labute approximate surface area is 172 Å². The van der Waals surface area contributed by atoms with E-state index in [1.807, 2.05) is 0 Å². The fraction of sp³-hybridized carbons (Fsp3) is 0.600. The minimum atomic E-state index is -3.52. The monoisotopic (exact) mass is 426 g/mol. The van der Waals surface area contributed by atoms with Gasteiger partial charge in [-0.1, -0.05) is 12.1 Å². The van der Waals surface area contributed by atoms with Crippen LogP contribution in [0, 0.1) is 5.92 Å². The summed E-state index contributed by atoms with van der Waals surface area (Å²) in [4.78, 5) is 26.1. The minimum Gasteiger partial charge on any atom is -0.495 e. The van der Waals surface area contributed by atoms with Gasteiger partial charge in [0.25, 0.3) is 0 Å². The van der Waals surface area contributed by atoms with Gasteiger partial charge in [-0.25, -0.2) is 8.42 Å². The largest absolute Gasteiger partial charge is 0.495 e. The Morgan fingerprint density at radius 3 is 2.45 bits per heavy atom. The van der Waals surface area contributed by atoms with Gasteiger partial charge in [0.2, 0.25) is 15.9 Å². The third-order valence-corrected chi connectivity index (χ3v) is 6.15. The van der Waals surface area contributed by atoms with Crippen LogP contribution in [-0.4, -0.2) is 64.8 Å². The molecular formula is C20H30N2O6S. The van der Waals surface area contributed by atoms with E-state index in [0.29, 0.717) is 50.4 Å². The molecule has 1 heterocycles. The van der Waals surface area contributed by atoms with Crippen molar-refractivity contribution in [2.45, 2.75) is 32.6 Å². The maximum atomic E-state index is 12.5. The first kappa shape index (κ1) is 23.0. The summed E-state index contributed by atoms with van der Waals surface area (Å²) < 4.78 is 36.1. The molecule has 0 unspecified atom stereocenters. The Morgan fingerprint density at radius 1 is 1.21 bits per heavy atom. The first-order chi connectivity index (χ1) is 13.8. The molecule has 0 bridgehead atoms. The molecule has 1 aromatic rings. The predicted molar refractivity (Wildman–Crippen MR) is 110 cm³/mol. The van der Waals surface area contributed by atoms with Crippen LogP contribution in [0.1, 0.15) is 32.6 Å². The number of benzene rings is 1. The number of amides is 1. The quantitative estimate of drug-likeness (QED) is 0.561. The summed E-state index contributed by atoms with van der Waals surface area (Å²) in [6.07, 6.45) is 2.97. The highest BCUT2D eigenvalue weighted by molar-refractivity contribution is 7.92. The number of piperidine rings is 1. The zero-order valence-electron chi connectivity index (χ0n) is 17.3. The van der Waals surface area contributed by atoms with E-state index < -0.39 is 10.0 Å². The van der Waals surface area contributed by atoms with Crippen molar-refractivity contribution in [1.29, 1.82) is 0 Å². The molecule has 2 rings (SSSR count). The molecule has 0 spiro atoms. The number of anilines is 1. The number of esters is 1. The zero-order chi connectivity index (χ0) is 21.4. The van der Waals surface area contributed by atoms with Crippen LogP contribution in [0.15, 0.2) is 24.3 Å². The lowest BCUT2D eigenvalue weighted by Gasteiger charge is -2.31. The molecule has 0 atom stereocenters. The molecule has 0 radical (unpaired) electrons. The second-order valence-electron chi connectivity index (χ2n) is 7.02. The lowest BCUT2D eigenvalue weighted by atomic mass is 9.97. The highest BCUT2D eigenvalue weighted by Crippen LogP contribution is 2.29. The average Bonchev–Trinajstić information content (AvgIpc) is 2.70. The number of carbonyl (C=O) groups excluding carboxylic acids is 2. The number of hydrogen-bond acceptors (Lipinski definition) is 6. The third kappa shape index (κ3) is 6.35. The molecule has 1 aliphatic rings. The zero-order valence-corrected chi connectivity index (χ0v) is 18.1. The van der Waals surface area contributed by atoms with Crippen molar-refractivity contribution in [2.24, 2.45) is 5.92 Å². The highest BCUT2D eigenvalue weighted by atomic mass is 32.2. The van der Waals surface area contributed by atoms with Gasteiger partial charge in [0, 0.05) is 26.1 Å². The van der Waals surface area contributed by atoms with Gasteiger partial charge in [-0.2, -0.15) is 0 Å². The van der Waals surface area contributed by atoms with Gasteiger partial charge >= 0.3 is 5.97 Å². The summed E-state index contributed by atoms with van der Waals surface area (Å²) in [5.41, 5.74) is 0.459. The van der Waals surface area contributed by atoms with Crippen LogP contribution in [-0.2, 0) is 24.3 Å². The maximum absolute atomic E-state index is 12.5. The van der Waals surface area contributed by atoms with Crippen LogP contribution in [0.25, 0.3) is 0 Å². The van der Waals surface area contributed by atoms with Crippen molar-refractivity contribution in [3.63, 3.8) is 0 Å². The number of likely N-dealkylation sites (tertiary alicyclic amines) is 1. The number of methoxy groups -OCH3 is 1. The van der Waals surface area contributed by atoms with Gasteiger partial charge in [0.1, 0.15) is 5.75 Å². The van der Waals surface area contributed by atoms with Gasteiger partial charge in [-0.05, 0) is 38.3 Å². The molecule has 162 valence electrons. The van der Waals surface area contributed by atoms with E-state index in [-0.39, 0.29) is 30.8 Å². The topological polar surface area (TPSA) is 93.2 Å². The van der Waals surface area contributed by atoms with E-state index in [2.05, 4.69) is 0 Å².